The lowest BCUT2D eigenvalue weighted by Crippen LogP contribution is -2.56. The minimum atomic E-state index is -3.65. The third-order valence-corrected chi connectivity index (χ3v) is 6.49. The number of amides is 1. The van der Waals surface area contributed by atoms with Crippen molar-refractivity contribution in [3.05, 3.63) is 21.8 Å². The Morgan fingerprint density at radius 3 is 2.37 bits per heavy atom. The second kappa shape index (κ2) is 4.44. The number of carbonyl (C=O) groups excluding carboxylic acids is 1. The lowest BCUT2D eigenvalue weighted by Gasteiger charge is -2.40. The highest BCUT2D eigenvalue weighted by atomic mass is 127. The van der Waals surface area contributed by atoms with Gasteiger partial charge in [-0.3, -0.25) is 4.79 Å². The number of hydrogen-bond acceptors (Lipinski definition) is 3. The van der Waals surface area contributed by atoms with Gasteiger partial charge in [0.15, 0.2) is 9.84 Å². The number of nitrogens with zero attached hydrogens (tertiary/aromatic N) is 1. The summed E-state index contributed by atoms with van der Waals surface area (Å²) in [6.07, 6.45) is 0. The number of rotatable bonds is 1. The lowest BCUT2D eigenvalue weighted by atomic mass is 10.1. The molecule has 0 spiro atoms. The Morgan fingerprint density at radius 2 is 1.84 bits per heavy atom. The number of anilines is 1. The third kappa shape index (κ3) is 1.99. The fourth-order valence-electron chi connectivity index (χ4n) is 2.20. The van der Waals surface area contributed by atoms with Crippen LogP contribution < -0.4 is 4.90 Å². The first kappa shape index (κ1) is 14.8. The molecule has 1 aliphatic rings. The Bertz CT molecular complexity index is 650. The second-order valence-corrected chi connectivity index (χ2v) is 9.11. The molecule has 2 rings (SSSR count). The van der Waals surface area contributed by atoms with Gasteiger partial charge in [0, 0.05) is 9.61 Å². The summed E-state index contributed by atoms with van der Waals surface area (Å²) in [6, 6.07) is 5.08. The average Bonchev–Trinajstić information content (AvgIpc) is 2.28. The van der Waals surface area contributed by atoms with Gasteiger partial charge in [0.2, 0.25) is 5.91 Å². The van der Waals surface area contributed by atoms with E-state index in [1.165, 1.54) is 13.8 Å². The van der Waals surface area contributed by atoms with E-state index in [2.05, 4.69) is 22.6 Å². The van der Waals surface area contributed by atoms with Crippen LogP contribution in [0, 0.1) is 3.57 Å². The maximum absolute atomic E-state index is 12.6. The quantitative estimate of drug-likeness (QED) is 0.690. The molecule has 1 amide bonds. The van der Waals surface area contributed by atoms with Crippen LogP contribution in [0.2, 0.25) is 0 Å². The molecule has 0 aromatic heterocycles. The minimum Gasteiger partial charge on any atom is -0.307 e. The molecule has 0 atom stereocenters. The highest BCUT2D eigenvalue weighted by Crippen LogP contribution is 2.41. The monoisotopic (exact) mass is 393 g/mol. The summed E-state index contributed by atoms with van der Waals surface area (Å²) >= 11 is 2.08. The fraction of sp³-hybridized carbons (Fsp3) is 0.462. The van der Waals surface area contributed by atoms with Crippen LogP contribution in [0.15, 0.2) is 23.1 Å². The highest BCUT2D eigenvalue weighted by Gasteiger charge is 2.51. The van der Waals surface area contributed by atoms with Gasteiger partial charge in [-0.25, -0.2) is 8.42 Å². The summed E-state index contributed by atoms with van der Waals surface area (Å²) in [5, 5.41) is 0. The van der Waals surface area contributed by atoms with E-state index in [1.807, 2.05) is 19.9 Å². The number of fused-ring (bicyclic) bond motifs is 1. The molecule has 0 unspecified atom stereocenters. The van der Waals surface area contributed by atoms with E-state index in [-0.39, 0.29) is 16.8 Å². The number of halogens is 1. The van der Waals surface area contributed by atoms with E-state index in [1.54, 1.807) is 17.0 Å². The fourth-order valence-corrected chi connectivity index (χ4v) is 4.51. The smallest absolute Gasteiger partial charge is 0.248 e. The zero-order chi connectivity index (χ0) is 14.6. The van der Waals surface area contributed by atoms with Crippen LogP contribution in [0.1, 0.15) is 27.7 Å². The Hall–Kier alpha value is -0.630. The van der Waals surface area contributed by atoms with Crippen LogP contribution in [-0.2, 0) is 14.6 Å². The van der Waals surface area contributed by atoms with Crippen molar-refractivity contribution < 1.29 is 13.2 Å². The first-order chi connectivity index (χ1) is 8.60. The summed E-state index contributed by atoms with van der Waals surface area (Å²) in [5.41, 5.74) is 0.486. The molecule has 0 aliphatic carbocycles. The van der Waals surface area contributed by atoms with Gasteiger partial charge in [0.25, 0.3) is 0 Å². The van der Waals surface area contributed by atoms with Crippen molar-refractivity contribution in [3.63, 3.8) is 0 Å². The molecule has 104 valence electrons. The van der Waals surface area contributed by atoms with E-state index < -0.39 is 14.6 Å². The zero-order valence-corrected chi connectivity index (χ0v) is 14.2. The van der Waals surface area contributed by atoms with Crippen LogP contribution in [0.3, 0.4) is 0 Å². The van der Waals surface area contributed by atoms with Gasteiger partial charge in [0.1, 0.15) is 4.75 Å². The molecule has 0 saturated heterocycles. The number of carbonyl (C=O) groups is 1. The summed E-state index contributed by atoms with van der Waals surface area (Å²) in [4.78, 5) is 14.3. The van der Waals surface area contributed by atoms with E-state index in [0.29, 0.717) is 5.69 Å². The molecule has 0 fully saturated rings. The predicted octanol–water partition coefficient (Wildman–Crippen LogP) is 2.60. The molecule has 19 heavy (non-hydrogen) atoms. The van der Waals surface area contributed by atoms with Crippen LogP contribution in [0.5, 0.6) is 0 Å². The van der Waals surface area contributed by atoms with Crippen LogP contribution >= 0.6 is 22.6 Å². The van der Waals surface area contributed by atoms with Crippen molar-refractivity contribution in [1.29, 1.82) is 0 Å². The van der Waals surface area contributed by atoms with Crippen molar-refractivity contribution in [2.75, 3.05) is 4.90 Å². The molecule has 1 aliphatic heterocycles. The van der Waals surface area contributed by atoms with Gasteiger partial charge in [0.05, 0.1) is 10.6 Å². The summed E-state index contributed by atoms with van der Waals surface area (Å²) < 4.78 is 24.6. The number of hydrogen-bond donors (Lipinski definition) is 0. The lowest BCUT2D eigenvalue weighted by molar-refractivity contribution is -0.120. The first-order valence-electron chi connectivity index (χ1n) is 5.98. The molecule has 0 bridgehead atoms. The van der Waals surface area contributed by atoms with Gasteiger partial charge in [-0.15, -0.1) is 0 Å². The Labute approximate surface area is 127 Å². The van der Waals surface area contributed by atoms with E-state index in [0.717, 1.165) is 3.57 Å². The van der Waals surface area contributed by atoms with Crippen molar-refractivity contribution in [2.45, 2.75) is 43.4 Å². The van der Waals surface area contributed by atoms with E-state index in [9.17, 15) is 13.2 Å². The predicted molar refractivity (Wildman–Crippen MR) is 83.0 cm³/mol. The average molecular weight is 393 g/mol. The van der Waals surface area contributed by atoms with Crippen molar-refractivity contribution in [1.82, 2.24) is 0 Å². The SMILES string of the molecule is CC(C)N1C(=O)C(C)(C)S(=O)(=O)c2cc(I)ccc21. The minimum absolute atomic E-state index is 0.0823. The Kier molecular flexibility index (Phi) is 3.45. The molecule has 0 N–H and O–H groups in total. The number of sulfone groups is 1. The summed E-state index contributed by atoms with van der Waals surface area (Å²) in [5.74, 6) is -0.365. The van der Waals surface area contributed by atoms with Crippen LogP contribution in [-0.4, -0.2) is 25.1 Å². The van der Waals surface area contributed by atoms with E-state index in [4.69, 9.17) is 0 Å². The molecule has 0 radical (unpaired) electrons. The van der Waals surface area contributed by atoms with Crippen LogP contribution in [0.4, 0.5) is 5.69 Å². The standard InChI is InChI=1S/C13H16INO3S/c1-8(2)15-10-6-5-9(14)7-11(10)19(17,18)13(3,4)12(15)16/h5-8H,1-4H3. The molecular formula is C13H16INO3S. The van der Waals surface area contributed by atoms with Crippen molar-refractivity contribution >= 4 is 44.0 Å². The van der Waals surface area contributed by atoms with Crippen LogP contribution in [0.25, 0.3) is 0 Å². The summed E-state index contributed by atoms with van der Waals surface area (Å²) in [7, 11) is -3.65. The van der Waals surface area contributed by atoms with Crippen molar-refractivity contribution in [2.24, 2.45) is 0 Å². The normalized spacial score (nSPS) is 20.5. The highest BCUT2D eigenvalue weighted by molar-refractivity contribution is 14.1. The zero-order valence-electron chi connectivity index (χ0n) is 11.3. The topological polar surface area (TPSA) is 54.5 Å². The van der Waals surface area contributed by atoms with Gasteiger partial charge < -0.3 is 4.90 Å². The second-order valence-electron chi connectivity index (χ2n) is 5.39. The van der Waals surface area contributed by atoms with Gasteiger partial charge in [-0.2, -0.15) is 0 Å². The van der Waals surface area contributed by atoms with Gasteiger partial charge in [-0.1, -0.05) is 0 Å². The molecule has 4 nitrogen and oxygen atoms in total. The Balaban J connectivity index is 2.85. The molecule has 0 saturated carbocycles. The third-order valence-electron chi connectivity index (χ3n) is 3.39. The largest absolute Gasteiger partial charge is 0.307 e. The van der Waals surface area contributed by atoms with Gasteiger partial charge >= 0.3 is 0 Å². The molecule has 6 heteroatoms. The molecular weight excluding hydrogens is 377 g/mol. The molecule has 1 aromatic carbocycles. The Morgan fingerprint density at radius 1 is 1.26 bits per heavy atom. The maximum atomic E-state index is 12.6. The molecule has 1 aromatic rings. The number of benzene rings is 1. The van der Waals surface area contributed by atoms with E-state index >= 15 is 0 Å². The maximum Gasteiger partial charge on any atom is 0.248 e. The van der Waals surface area contributed by atoms with Crippen molar-refractivity contribution in [3.8, 4) is 0 Å². The summed E-state index contributed by atoms with van der Waals surface area (Å²) in [6.45, 7) is 6.72. The first-order valence-corrected chi connectivity index (χ1v) is 8.54. The molecule has 1 heterocycles. The van der Waals surface area contributed by atoms with Gasteiger partial charge in [-0.05, 0) is 68.5 Å².